The van der Waals surface area contributed by atoms with Gasteiger partial charge in [0.25, 0.3) is 0 Å². The fourth-order valence-electron chi connectivity index (χ4n) is 2.32. The van der Waals surface area contributed by atoms with E-state index in [0.717, 1.165) is 19.4 Å². The summed E-state index contributed by atoms with van der Waals surface area (Å²) in [4.78, 5) is 11.9. The number of carbonyl (C=O) groups is 1. The van der Waals surface area contributed by atoms with Gasteiger partial charge in [0.15, 0.2) is 0 Å². The molecular weight excluding hydrogens is 264 g/mol. The lowest BCUT2D eigenvalue weighted by molar-refractivity contribution is -0.119. The van der Waals surface area contributed by atoms with Crippen LogP contribution in [0.3, 0.4) is 0 Å². The molecule has 3 N–H and O–H groups in total. The second kappa shape index (κ2) is 6.26. The Labute approximate surface area is 118 Å². The number of anilines is 2. The van der Waals surface area contributed by atoms with Crippen LogP contribution in [-0.2, 0) is 9.53 Å². The fraction of sp³-hybridized carbons (Fsp3) is 0.500. The van der Waals surface area contributed by atoms with Crippen molar-refractivity contribution in [2.75, 3.05) is 17.7 Å². The maximum Gasteiger partial charge on any atom is 0.224 e. The monoisotopic (exact) mass is 282 g/mol. The van der Waals surface area contributed by atoms with E-state index < -0.39 is 0 Å². The number of hydrogen-bond acceptors (Lipinski definition) is 3. The molecule has 1 fully saturated rings. The minimum absolute atomic E-state index is 0.0209. The van der Waals surface area contributed by atoms with Crippen molar-refractivity contribution in [3.8, 4) is 0 Å². The quantitative estimate of drug-likeness (QED) is 0.816. The molecular formula is C14H19ClN2O2. The maximum absolute atomic E-state index is 11.9. The lowest BCUT2D eigenvalue weighted by atomic mass is 9.80. The number of benzene rings is 1. The number of nitrogens with one attached hydrogen (secondary N) is 1. The molecule has 5 heteroatoms. The van der Waals surface area contributed by atoms with Gasteiger partial charge < -0.3 is 15.8 Å². The summed E-state index contributed by atoms with van der Waals surface area (Å²) in [5.41, 5.74) is 6.83. The number of halogens is 1. The van der Waals surface area contributed by atoms with Gasteiger partial charge in [-0.1, -0.05) is 11.6 Å². The largest absolute Gasteiger partial charge is 0.399 e. The molecule has 1 aliphatic rings. The summed E-state index contributed by atoms with van der Waals surface area (Å²) < 4.78 is 5.47. The Kier molecular flexibility index (Phi) is 4.66. The Morgan fingerprint density at radius 1 is 1.53 bits per heavy atom. The topological polar surface area (TPSA) is 64.3 Å². The van der Waals surface area contributed by atoms with E-state index in [1.807, 2.05) is 6.92 Å². The predicted octanol–water partition coefficient (Wildman–Crippen LogP) is 3.07. The molecule has 1 aromatic carbocycles. The number of ether oxygens (including phenoxy) is 1. The van der Waals surface area contributed by atoms with Crippen molar-refractivity contribution in [2.45, 2.75) is 32.3 Å². The van der Waals surface area contributed by atoms with Gasteiger partial charge in [-0.3, -0.25) is 4.79 Å². The van der Waals surface area contributed by atoms with Gasteiger partial charge in [0.2, 0.25) is 5.91 Å². The highest BCUT2D eigenvalue weighted by Gasteiger charge is 2.31. The summed E-state index contributed by atoms with van der Waals surface area (Å²) >= 11 is 6.00. The standard InChI is InChI=1S/C14H19ClN2O2/c1-2-19-11-5-9(6-11)7-14(18)17-13-8-10(16)3-4-12(13)15/h3-4,8-9,11H,2,5-7,16H2,1H3,(H,17,18). The molecule has 2 rings (SSSR count). The Balaban J connectivity index is 1.80. The Hall–Kier alpha value is -1.26. The van der Waals surface area contributed by atoms with Crippen LogP contribution in [0, 0.1) is 5.92 Å². The van der Waals surface area contributed by atoms with E-state index in [4.69, 9.17) is 22.1 Å². The van der Waals surface area contributed by atoms with E-state index in [0.29, 0.717) is 34.8 Å². The van der Waals surface area contributed by atoms with Gasteiger partial charge in [0.05, 0.1) is 16.8 Å². The lowest BCUT2D eigenvalue weighted by Gasteiger charge is -2.34. The zero-order chi connectivity index (χ0) is 13.8. The second-order valence-corrected chi connectivity index (χ2v) is 5.31. The molecule has 0 atom stereocenters. The minimum atomic E-state index is -0.0209. The van der Waals surface area contributed by atoms with Gasteiger partial charge in [0.1, 0.15) is 0 Å². The lowest BCUT2D eigenvalue weighted by Crippen LogP contribution is -2.33. The third-order valence-electron chi connectivity index (χ3n) is 3.33. The normalized spacial score (nSPS) is 21.8. The van der Waals surface area contributed by atoms with Crippen LogP contribution in [-0.4, -0.2) is 18.6 Å². The second-order valence-electron chi connectivity index (χ2n) is 4.91. The van der Waals surface area contributed by atoms with Crippen molar-refractivity contribution in [3.63, 3.8) is 0 Å². The molecule has 1 aliphatic carbocycles. The van der Waals surface area contributed by atoms with Gasteiger partial charge in [-0.05, 0) is 43.9 Å². The minimum Gasteiger partial charge on any atom is -0.399 e. The van der Waals surface area contributed by atoms with Crippen molar-refractivity contribution in [2.24, 2.45) is 5.92 Å². The molecule has 0 heterocycles. The molecule has 0 radical (unpaired) electrons. The fourth-order valence-corrected chi connectivity index (χ4v) is 2.48. The van der Waals surface area contributed by atoms with Gasteiger partial charge >= 0.3 is 0 Å². The summed E-state index contributed by atoms with van der Waals surface area (Å²) in [5, 5.41) is 3.31. The van der Waals surface area contributed by atoms with Crippen LogP contribution in [0.5, 0.6) is 0 Å². The number of nitrogen functional groups attached to an aromatic ring is 1. The molecule has 1 saturated carbocycles. The molecule has 1 aromatic rings. The number of hydrogen-bond donors (Lipinski definition) is 2. The molecule has 0 spiro atoms. The molecule has 0 bridgehead atoms. The zero-order valence-electron chi connectivity index (χ0n) is 11.0. The Morgan fingerprint density at radius 3 is 2.95 bits per heavy atom. The van der Waals surface area contributed by atoms with E-state index in [9.17, 15) is 4.79 Å². The number of nitrogens with two attached hydrogens (primary N) is 1. The average molecular weight is 283 g/mol. The van der Waals surface area contributed by atoms with Crippen LogP contribution < -0.4 is 11.1 Å². The average Bonchev–Trinajstić information content (AvgIpc) is 2.31. The smallest absolute Gasteiger partial charge is 0.224 e. The maximum atomic E-state index is 11.9. The molecule has 0 unspecified atom stereocenters. The Morgan fingerprint density at radius 2 is 2.26 bits per heavy atom. The summed E-state index contributed by atoms with van der Waals surface area (Å²) in [6.45, 7) is 2.73. The van der Waals surface area contributed by atoms with E-state index in [1.165, 1.54) is 0 Å². The first-order valence-electron chi connectivity index (χ1n) is 6.55. The van der Waals surface area contributed by atoms with Crippen LogP contribution in [0.4, 0.5) is 11.4 Å². The number of amides is 1. The molecule has 19 heavy (non-hydrogen) atoms. The summed E-state index contributed by atoms with van der Waals surface area (Å²) in [6.07, 6.45) is 2.77. The third-order valence-corrected chi connectivity index (χ3v) is 3.66. The van der Waals surface area contributed by atoms with Crippen LogP contribution in [0.25, 0.3) is 0 Å². The van der Waals surface area contributed by atoms with Crippen LogP contribution >= 0.6 is 11.6 Å². The zero-order valence-corrected chi connectivity index (χ0v) is 11.7. The highest BCUT2D eigenvalue weighted by molar-refractivity contribution is 6.33. The van der Waals surface area contributed by atoms with Crippen molar-refractivity contribution in [3.05, 3.63) is 23.2 Å². The van der Waals surface area contributed by atoms with Crippen molar-refractivity contribution >= 4 is 28.9 Å². The molecule has 0 saturated heterocycles. The predicted molar refractivity (Wildman–Crippen MR) is 77.2 cm³/mol. The number of rotatable bonds is 5. The molecule has 0 aromatic heterocycles. The first-order valence-corrected chi connectivity index (χ1v) is 6.92. The van der Waals surface area contributed by atoms with Crippen molar-refractivity contribution in [1.82, 2.24) is 0 Å². The molecule has 4 nitrogen and oxygen atoms in total. The van der Waals surface area contributed by atoms with Gasteiger partial charge in [-0.2, -0.15) is 0 Å². The Bertz CT molecular complexity index is 459. The van der Waals surface area contributed by atoms with E-state index in [1.54, 1.807) is 18.2 Å². The van der Waals surface area contributed by atoms with Gasteiger partial charge in [0, 0.05) is 18.7 Å². The SMILES string of the molecule is CCOC1CC(CC(=O)Nc2cc(N)ccc2Cl)C1. The first kappa shape index (κ1) is 14.2. The molecule has 104 valence electrons. The number of carbonyl (C=O) groups excluding carboxylic acids is 1. The summed E-state index contributed by atoms with van der Waals surface area (Å²) in [6, 6.07) is 5.06. The van der Waals surface area contributed by atoms with Gasteiger partial charge in [-0.25, -0.2) is 0 Å². The summed E-state index contributed by atoms with van der Waals surface area (Å²) in [7, 11) is 0. The highest BCUT2D eigenvalue weighted by atomic mass is 35.5. The van der Waals surface area contributed by atoms with E-state index in [2.05, 4.69) is 5.32 Å². The highest BCUT2D eigenvalue weighted by Crippen LogP contribution is 2.33. The molecule has 1 amide bonds. The van der Waals surface area contributed by atoms with Crippen molar-refractivity contribution < 1.29 is 9.53 Å². The van der Waals surface area contributed by atoms with Gasteiger partial charge in [-0.15, -0.1) is 0 Å². The summed E-state index contributed by atoms with van der Waals surface area (Å²) in [5.74, 6) is 0.392. The molecule has 0 aliphatic heterocycles. The van der Waals surface area contributed by atoms with Crippen LogP contribution in [0.2, 0.25) is 5.02 Å². The first-order chi connectivity index (χ1) is 9.08. The van der Waals surface area contributed by atoms with E-state index >= 15 is 0 Å². The van der Waals surface area contributed by atoms with Crippen LogP contribution in [0.15, 0.2) is 18.2 Å². The van der Waals surface area contributed by atoms with E-state index in [-0.39, 0.29) is 5.91 Å². The van der Waals surface area contributed by atoms with Crippen LogP contribution in [0.1, 0.15) is 26.2 Å². The third kappa shape index (κ3) is 3.85. The van der Waals surface area contributed by atoms with Crippen molar-refractivity contribution in [1.29, 1.82) is 0 Å².